The number of morpholine rings is 1. The average molecular weight is 284 g/mol. The Balaban J connectivity index is 1.78. The van der Waals surface area contributed by atoms with Crippen LogP contribution in [0.25, 0.3) is 0 Å². The third kappa shape index (κ3) is 4.76. The number of hydrogen-bond acceptors (Lipinski definition) is 4. The number of amides is 1. The molecule has 0 saturated carbocycles. The van der Waals surface area contributed by atoms with Crippen LogP contribution in [0.5, 0.6) is 0 Å². The third-order valence-corrected chi connectivity index (χ3v) is 3.70. The number of rotatable bonds is 3. The van der Waals surface area contributed by atoms with Crippen LogP contribution in [-0.4, -0.2) is 63.0 Å². The van der Waals surface area contributed by atoms with Crippen molar-refractivity contribution in [1.82, 2.24) is 4.90 Å². The molecule has 0 aromatic rings. The first-order valence-electron chi connectivity index (χ1n) is 7.44. The lowest BCUT2D eigenvalue weighted by molar-refractivity contribution is 0.0395. The maximum atomic E-state index is 11.8. The maximum absolute atomic E-state index is 11.8. The number of carbonyl (C=O) groups excluding carboxylic acids is 1. The molecular weight excluding hydrogens is 260 g/mol. The summed E-state index contributed by atoms with van der Waals surface area (Å²) in [4.78, 5) is 18.0. The lowest BCUT2D eigenvalue weighted by atomic mass is 10.0. The zero-order valence-electron chi connectivity index (χ0n) is 12.2. The Bertz CT molecular complexity index is 334. The van der Waals surface area contributed by atoms with Crippen molar-refractivity contribution in [2.75, 3.05) is 46.1 Å². The smallest absolute Gasteiger partial charge is 0.435 e. The van der Waals surface area contributed by atoms with E-state index in [1.165, 1.54) is 0 Å². The Kier molecular flexibility index (Phi) is 6.26. The number of carbonyl (C=O) groups is 1. The number of nitrogens with zero attached hydrogens (tertiary/aromatic N) is 2. The number of aliphatic imine (C=N–C) groups is 1. The molecule has 6 heteroatoms. The normalized spacial score (nSPS) is 21.9. The maximum Gasteiger partial charge on any atom is 0.435 e. The fourth-order valence-corrected chi connectivity index (χ4v) is 2.43. The molecule has 2 rings (SSSR count). The van der Waals surface area contributed by atoms with Crippen molar-refractivity contribution in [2.24, 2.45) is 10.9 Å². The van der Waals surface area contributed by atoms with Crippen LogP contribution < -0.4 is 0 Å². The molecule has 0 radical (unpaired) electrons. The van der Waals surface area contributed by atoms with Crippen molar-refractivity contribution in [2.45, 2.75) is 26.2 Å². The van der Waals surface area contributed by atoms with Crippen molar-refractivity contribution in [1.29, 1.82) is 0 Å². The Morgan fingerprint density at radius 2 is 1.85 bits per heavy atom. The van der Waals surface area contributed by atoms with Crippen LogP contribution in [-0.2, 0) is 14.2 Å². The van der Waals surface area contributed by atoms with E-state index in [1.54, 1.807) is 0 Å². The van der Waals surface area contributed by atoms with Crippen LogP contribution in [0.4, 0.5) is 4.79 Å². The summed E-state index contributed by atoms with van der Waals surface area (Å²) in [6, 6.07) is 0. The molecule has 0 spiro atoms. The molecule has 2 fully saturated rings. The molecule has 0 aliphatic carbocycles. The molecule has 0 unspecified atom stereocenters. The van der Waals surface area contributed by atoms with Gasteiger partial charge in [0, 0.05) is 32.7 Å². The van der Waals surface area contributed by atoms with Crippen molar-refractivity contribution in [3.63, 3.8) is 0 Å². The first kappa shape index (κ1) is 15.3. The molecule has 2 heterocycles. The molecule has 1 amide bonds. The first-order valence-corrected chi connectivity index (χ1v) is 7.44. The summed E-state index contributed by atoms with van der Waals surface area (Å²) < 4.78 is 15.8. The fraction of sp³-hybridized carbons (Fsp3) is 0.857. The van der Waals surface area contributed by atoms with Gasteiger partial charge in [-0.05, 0) is 18.8 Å². The molecule has 2 aliphatic heterocycles. The van der Waals surface area contributed by atoms with Crippen molar-refractivity contribution in [3.05, 3.63) is 0 Å². The highest BCUT2D eigenvalue weighted by Crippen LogP contribution is 2.15. The Morgan fingerprint density at radius 3 is 2.50 bits per heavy atom. The summed E-state index contributed by atoms with van der Waals surface area (Å²) in [7, 11) is 0. The second kappa shape index (κ2) is 8.21. The summed E-state index contributed by atoms with van der Waals surface area (Å²) in [5, 5.41) is 0. The largest absolute Gasteiger partial charge is 0.448 e. The zero-order chi connectivity index (χ0) is 14.2. The van der Waals surface area contributed by atoms with Crippen LogP contribution in [0.3, 0.4) is 0 Å². The third-order valence-electron chi connectivity index (χ3n) is 3.70. The molecule has 20 heavy (non-hydrogen) atoms. The number of ether oxygens (including phenoxy) is 3. The van der Waals surface area contributed by atoms with Gasteiger partial charge in [0.1, 0.15) is 5.84 Å². The SMILES string of the molecule is CC/C(=N/C(=O)OCC1CCOCC1)N1CCOCC1. The van der Waals surface area contributed by atoms with Crippen LogP contribution in [0, 0.1) is 5.92 Å². The monoisotopic (exact) mass is 284 g/mol. The topological polar surface area (TPSA) is 60.4 Å². The number of amidine groups is 1. The van der Waals surface area contributed by atoms with Crippen molar-refractivity contribution < 1.29 is 19.0 Å². The Labute approximate surface area is 120 Å². The van der Waals surface area contributed by atoms with Gasteiger partial charge in [-0.3, -0.25) is 0 Å². The predicted octanol–water partition coefficient (Wildman–Crippen LogP) is 1.69. The van der Waals surface area contributed by atoms with E-state index in [0.29, 0.717) is 25.7 Å². The van der Waals surface area contributed by atoms with E-state index in [0.717, 1.165) is 51.4 Å². The quantitative estimate of drug-likeness (QED) is 0.583. The van der Waals surface area contributed by atoms with Gasteiger partial charge in [-0.25, -0.2) is 4.79 Å². The fourth-order valence-electron chi connectivity index (χ4n) is 2.43. The van der Waals surface area contributed by atoms with Gasteiger partial charge in [-0.1, -0.05) is 6.92 Å². The highest BCUT2D eigenvalue weighted by molar-refractivity contribution is 5.91. The zero-order valence-corrected chi connectivity index (χ0v) is 12.2. The summed E-state index contributed by atoms with van der Waals surface area (Å²) >= 11 is 0. The van der Waals surface area contributed by atoms with E-state index >= 15 is 0 Å². The predicted molar refractivity (Wildman–Crippen MR) is 75.0 cm³/mol. The Hall–Kier alpha value is -1.14. The molecule has 6 nitrogen and oxygen atoms in total. The summed E-state index contributed by atoms with van der Waals surface area (Å²) in [6.45, 7) is 6.94. The lowest BCUT2D eigenvalue weighted by Crippen LogP contribution is -2.40. The molecule has 0 atom stereocenters. The molecule has 0 N–H and O–H groups in total. The van der Waals surface area contributed by atoms with Crippen LogP contribution >= 0.6 is 0 Å². The Morgan fingerprint density at radius 1 is 1.20 bits per heavy atom. The minimum atomic E-state index is -0.472. The van der Waals surface area contributed by atoms with E-state index in [2.05, 4.69) is 9.89 Å². The van der Waals surface area contributed by atoms with Crippen molar-refractivity contribution >= 4 is 11.9 Å². The summed E-state index contributed by atoms with van der Waals surface area (Å²) in [5.74, 6) is 1.21. The van der Waals surface area contributed by atoms with Crippen molar-refractivity contribution in [3.8, 4) is 0 Å². The molecule has 0 aromatic heterocycles. The van der Waals surface area contributed by atoms with E-state index in [4.69, 9.17) is 14.2 Å². The highest BCUT2D eigenvalue weighted by atomic mass is 16.5. The van der Waals surface area contributed by atoms with Gasteiger partial charge >= 0.3 is 6.09 Å². The van der Waals surface area contributed by atoms with Gasteiger partial charge in [-0.15, -0.1) is 0 Å². The second-order valence-electron chi connectivity index (χ2n) is 5.11. The van der Waals surface area contributed by atoms with Gasteiger partial charge in [-0.2, -0.15) is 4.99 Å². The first-order chi connectivity index (χ1) is 9.79. The molecule has 0 bridgehead atoms. The van der Waals surface area contributed by atoms with Gasteiger partial charge < -0.3 is 19.1 Å². The van der Waals surface area contributed by atoms with E-state index in [-0.39, 0.29) is 0 Å². The molecule has 0 aromatic carbocycles. The van der Waals surface area contributed by atoms with E-state index in [9.17, 15) is 4.79 Å². The minimum absolute atomic E-state index is 0.413. The van der Waals surface area contributed by atoms with Gasteiger partial charge in [0.25, 0.3) is 0 Å². The van der Waals surface area contributed by atoms with E-state index < -0.39 is 6.09 Å². The van der Waals surface area contributed by atoms with Crippen LogP contribution in [0.15, 0.2) is 4.99 Å². The van der Waals surface area contributed by atoms with Gasteiger partial charge in [0.2, 0.25) is 0 Å². The van der Waals surface area contributed by atoms with Gasteiger partial charge in [0.05, 0.1) is 19.8 Å². The standard InChI is InChI=1S/C14H24N2O4/c1-2-13(16-5-9-19-10-6-16)15-14(17)20-11-12-3-7-18-8-4-12/h12H,2-11H2,1H3/b15-13-. The highest BCUT2D eigenvalue weighted by Gasteiger charge is 2.18. The lowest BCUT2D eigenvalue weighted by Gasteiger charge is -2.29. The molecular formula is C14H24N2O4. The molecule has 114 valence electrons. The number of hydrogen-bond donors (Lipinski definition) is 0. The van der Waals surface area contributed by atoms with Gasteiger partial charge in [0.15, 0.2) is 0 Å². The molecule has 2 saturated heterocycles. The molecule has 2 aliphatic rings. The average Bonchev–Trinajstić information content (AvgIpc) is 2.52. The summed E-state index contributed by atoms with van der Waals surface area (Å²) in [6.07, 6.45) is 2.17. The van der Waals surface area contributed by atoms with Crippen LogP contribution in [0.2, 0.25) is 0 Å². The second-order valence-corrected chi connectivity index (χ2v) is 5.11. The minimum Gasteiger partial charge on any atom is -0.448 e. The van der Waals surface area contributed by atoms with E-state index in [1.807, 2.05) is 6.92 Å². The summed E-state index contributed by atoms with van der Waals surface area (Å²) in [5.41, 5.74) is 0. The van der Waals surface area contributed by atoms with Crippen LogP contribution in [0.1, 0.15) is 26.2 Å².